The number of esters is 1. The molecule has 0 unspecified atom stereocenters. The number of phosphoric acid groups is 1. The fourth-order valence-corrected chi connectivity index (χ4v) is 8.46. The van der Waals surface area contributed by atoms with Gasteiger partial charge in [-0.2, -0.15) is 10.4 Å². The lowest BCUT2D eigenvalue weighted by Crippen LogP contribution is -2.47. The fraction of sp³-hybridized carbons (Fsp3) is 0.268. The van der Waals surface area contributed by atoms with Crippen molar-refractivity contribution in [1.82, 2.24) is 14.8 Å². The Morgan fingerprint density at radius 2 is 1.83 bits per heavy atom. The summed E-state index contributed by atoms with van der Waals surface area (Å²) in [5, 5.41) is 12.0. The van der Waals surface area contributed by atoms with E-state index in [-0.39, 0.29) is 65.5 Å². The van der Waals surface area contributed by atoms with Crippen LogP contribution in [0.3, 0.4) is 0 Å². The molecule has 18 heteroatoms. The maximum absolute atomic E-state index is 16.0. The molecule has 0 saturated carbocycles. The molecular weight excluding hydrogens is 832 g/mol. The third-order valence-electron chi connectivity index (χ3n) is 8.66. The number of rotatable bonds is 20. The highest BCUT2D eigenvalue weighted by Crippen LogP contribution is 2.51. The number of allylic oxidation sites excluding steroid dienone is 2. The highest BCUT2D eigenvalue weighted by Gasteiger charge is 2.47. The van der Waals surface area contributed by atoms with Crippen LogP contribution < -0.4 is 0 Å². The van der Waals surface area contributed by atoms with Gasteiger partial charge in [-0.15, -0.1) is 24.9 Å². The smallest absolute Gasteiger partial charge is 0.447 e. The maximum Gasteiger partial charge on any atom is 0.475 e. The van der Waals surface area contributed by atoms with Crippen LogP contribution in [0.5, 0.6) is 0 Å². The SMILES string of the molecule is C=CCOP(=O)(OCC=C)OCc1c(Cl)cccc1C(=O)O[C@@](Cn1cncn1)(c1ccc(F)cc1F)[C@@H](C)S[C@H]1CO[C@H](/C=C/C=C/c2ccc(C#N)cc2F)OC1. The Morgan fingerprint density at radius 3 is 2.47 bits per heavy atom. The summed E-state index contributed by atoms with van der Waals surface area (Å²) in [5.74, 6) is -3.36. The zero-order chi connectivity index (χ0) is 42.4. The monoisotopic (exact) mass is 870 g/mol. The number of nitriles is 1. The number of carbonyl (C=O) groups excluding carboxylic acids is 1. The second-order valence-corrected chi connectivity index (χ2v) is 16.4. The summed E-state index contributed by atoms with van der Waals surface area (Å²) in [7, 11) is -4.21. The zero-order valence-corrected chi connectivity index (χ0v) is 34.1. The van der Waals surface area contributed by atoms with Crippen molar-refractivity contribution < 1.29 is 50.3 Å². The molecule has 4 aromatic rings. The summed E-state index contributed by atoms with van der Waals surface area (Å²) in [6.45, 7) is 7.96. The molecule has 1 aliphatic heterocycles. The minimum Gasteiger partial charge on any atom is -0.447 e. The van der Waals surface area contributed by atoms with Crippen LogP contribution in [0.15, 0.2) is 111 Å². The van der Waals surface area contributed by atoms with Gasteiger partial charge in [-0.25, -0.2) is 32.2 Å². The minimum atomic E-state index is -4.21. The highest BCUT2D eigenvalue weighted by atomic mass is 35.5. The Kier molecular flexibility index (Phi) is 16.4. The molecule has 0 radical (unpaired) electrons. The predicted octanol–water partition coefficient (Wildman–Crippen LogP) is 9.14. The lowest BCUT2D eigenvalue weighted by molar-refractivity contribution is -0.146. The molecule has 2 heterocycles. The van der Waals surface area contributed by atoms with Crippen molar-refractivity contribution in [3.63, 3.8) is 0 Å². The number of carbonyl (C=O) groups is 1. The van der Waals surface area contributed by atoms with Crippen molar-refractivity contribution >= 4 is 43.2 Å². The van der Waals surface area contributed by atoms with Crippen LogP contribution in [0.4, 0.5) is 13.2 Å². The maximum atomic E-state index is 16.0. The van der Waals surface area contributed by atoms with Crippen LogP contribution in [-0.2, 0) is 51.1 Å². The van der Waals surface area contributed by atoms with Crippen LogP contribution in [0.1, 0.15) is 39.5 Å². The molecule has 59 heavy (non-hydrogen) atoms. The van der Waals surface area contributed by atoms with Crippen molar-refractivity contribution in [2.24, 2.45) is 0 Å². The summed E-state index contributed by atoms with van der Waals surface area (Å²) in [6.07, 6.45) is 11.0. The second kappa shape index (κ2) is 21.4. The molecule has 1 aliphatic rings. The molecule has 12 nitrogen and oxygen atoms in total. The van der Waals surface area contributed by atoms with Gasteiger partial charge in [0.2, 0.25) is 0 Å². The summed E-state index contributed by atoms with van der Waals surface area (Å²) in [4.78, 5) is 18.4. The normalized spacial score (nSPS) is 17.4. The number of aromatic nitrogens is 3. The summed E-state index contributed by atoms with van der Waals surface area (Å²) in [6, 6.07) is 13.4. The van der Waals surface area contributed by atoms with Crippen molar-refractivity contribution in [1.29, 1.82) is 5.26 Å². The summed E-state index contributed by atoms with van der Waals surface area (Å²) < 4.78 is 93.7. The number of nitrogens with zero attached hydrogens (tertiary/aromatic N) is 4. The van der Waals surface area contributed by atoms with E-state index in [9.17, 15) is 18.1 Å². The van der Waals surface area contributed by atoms with Crippen LogP contribution in [0.2, 0.25) is 5.02 Å². The van der Waals surface area contributed by atoms with Crippen LogP contribution in [0.25, 0.3) is 6.08 Å². The van der Waals surface area contributed by atoms with Gasteiger partial charge < -0.3 is 14.2 Å². The average molecular weight is 871 g/mol. The van der Waals surface area contributed by atoms with E-state index >= 15 is 4.39 Å². The first-order valence-corrected chi connectivity index (χ1v) is 20.7. The number of thioether (sulfide) groups is 1. The molecule has 1 saturated heterocycles. The van der Waals surface area contributed by atoms with Gasteiger partial charge in [0.05, 0.1) is 62.0 Å². The van der Waals surface area contributed by atoms with Crippen molar-refractivity contribution in [3.05, 3.63) is 161 Å². The van der Waals surface area contributed by atoms with Gasteiger partial charge in [-0.3, -0.25) is 13.6 Å². The number of ether oxygens (including phenoxy) is 3. The fourth-order valence-electron chi connectivity index (χ4n) is 5.79. The molecule has 5 rings (SSSR count). The average Bonchev–Trinajstić information content (AvgIpc) is 3.74. The van der Waals surface area contributed by atoms with Crippen molar-refractivity contribution in [2.75, 3.05) is 26.4 Å². The Bertz CT molecular complexity index is 2240. The zero-order valence-electron chi connectivity index (χ0n) is 31.6. The number of benzene rings is 3. The molecule has 0 amide bonds. The Balaban J connectivity index is 1.40. The van der Waals surface area contributed by atoms with E-state index in [1.54, 1.807) is 25.2 Å². The van der Waals surface area contributed by atoms with E-state index in [1.807, 2.05) is 6.07 Å². The molecule has 0 bridgehead atoms. The van der Waals surface area contributed by atoms with Gasteiger partial charge >= 0.3 is 13.8 Å². The Hall–Kier alpha value is -4.82. The Labute approximate surface area is 348 Å². The standard InChI is InChI=1S/C41H39ClF3N4O8PS/c1-4-17-54-58(51,55-18-5-2)56-24-34-33(10-8-11-36(34)42)40(50)57-41(25-49-27-47-26-48-49,35-16-15-31(43)20-38(35)45)28(3)59-32-22-52-39(53-23-32)12-7-6-9-30-14-13-29(21-46)19-37(30)44/h4-16,19-20,26-28,32,39H,1-2,17-18,22-25H2,3H3/b9-6+,12-7+/t28-,32-,39-,41-/m1/s1. The first-order valence-electron chi connectivity index (χ1n) is 17.9. The number of hydrogen-bond donors (Lipinski definition) is 0. The molecule has 1 fully saturated rings. The molecule has 0 spiro atoms. The molecular formula is C41H39ClF3N4O8PS. The third-order valence-corrected chi connectivity index (χ3v) is 11.8. The van der Waals surface area contributed by atoms with Crippen molar-refractivity contribution in [3.8, 4) is 6.07 Å². The summed E-state index contributed by atoms with van der Waals surface area (Å²) >= 11 is 7.84. The highest BCUT2D eigenvalue weighted by molar-refractivity contribution is 8.00. The Morgan fingerprint density at radius 1 is 1.08 bits per heavy atom. The molecule has 1 aromatic heterocycles. The van der Waals surface area contributed by atoms with Gasteiger partial charge in [0.25, 0.3) is 0 Å². The van der Waals surface area contributed by atoms with E-state index in [2.05, 4.69) is 23.2 Å². The third kappa shape index (κ3) is 12.1. The number of hydrogen-bond acceptors (Lipinski definition) is 12. The van der Waals surface area contributed by atoms with E-state index < -0.39 is 55.0 Å². The second-order valence-electron chi connectivity index (χ2n) is 12.7. The van der Waals surface area contributed by atoms with Crippen LogP contribution in [-0.4, -0.2) is 64.0 Å². The van der Waals surface area contributed by atoms with Crippen LogP contribution >= 0.6 is 31.2 Å². The molecule has 0 aliphatic carbocycles. The van der Waals surface area contributed by atoms with Gasteiger partial charge in [0, 0.05) is 33.0 Å². The minimum absolute atomic E-state index is 0.0488. The van der Waals surface area contributed by atoms with Crippen LogP contribution in [0, 0.1) is 28.8 Å². The van der Waals surface area contributed by atoms with Crippen molar-refractivity contribution in [2.45, 2.75) is 42.5 Å². The summed E-state index contributed by atoms with van der Waals surface area (Å²) in [5.41, 5.74) is -1.61. The van der Waals surface area contributed by atoms with Gasteiger partial charge in [-0.05, 0) is 49.4 Å². The molecule has 0 N–H and O–H groups in total. The van der Waals surface area contributed by atoms with E-state index in [0.29, 0.717) is 11.6 Å². The largest absolute Gasteiger partial charge is 0.475 e. The van der Waals surface area contributed by atoms with Gasteiger partial charge in [0.1, 0.15) is 30.1 Å². The number of phosphoric ester groups is 1. The lowest BCUT2D eigenvalue weighted by atomic mass is 9.89. The first-order chi connectivity index (χ1) is 28.4. The van der Waals surface area contributed by atoms with Gasteiger partial charge in [0.15, 0.2) is 11.9 Å². The molecule has 3 aromatic carbocycles. The van der Waals surface area contributed by atoms with E-state index in [1.165, 1.54) is 83.7 Å². The first kappa shape index (κ1) is 45.3. The quantitative estimate of drug-likeness (QED) is 0.0362. The van der Waals surface area contributed by atoms with E-state index in [4.69, 9.17) is 44.6 Å². The van der Waals surface area contributed by atoms with E-state index in [0.717, 1.165) is 12.1 Å². The number of halogens is 4. The molecule has 2 atom stereocenters. The van der Waals surface area contributed by atoms with Gasteiger partial charge in [-0.1, -0.05) is 54.1 Å². The predicted molar refractivity (Wildman–Crippen MR) is 215 cm³/mol. The molecule has 310 valence electrons. The topological polar surface area (TPSA) is 144 Å². The lowest BCUT2D eigenvalue weighted by Gasteiger charge is -2.40.